The van der Waals surface area contributed by atoms with Gasteiger partial charge in [-0.1, -0.05) is 91.5 Å². The van der Waals surface area contributed by atoms with E-state index in [1.54, 1.807) is 4.90 Å². The van der Waals surface area contributed by atoms with Crippen molar-refractivity contribution in [3.05, 3.63) is 109 Å². The molecule has 0 N–H and O–H groups in total. The number of carbonyl (C=O) groups excluding carboxylic acids is 1. The summed E-state index contributed by atoms with van der Waals surface area (Å²) >= 11 is 0. The largest absolute Gasteiger partial charge is 0.327 e. The van der Waals surface area contributed by atoms with Crippen molar-refractivity contribution in [2.75, 3.05) is 6.29 Å². The van der Waals surface area contributed by atoms with Crippen LogP contribution in [0.4, 0.5) is 0 Å². The number of aryl methyl sites for hydroxylation is 1. The lowest BCUT2D eigenvalue weighted by atomic mass is 10.1. The Hall–Kier alpha value is -2.90. The van der Waals surface area contributed by atoms with E-state index in [1.165, 1.54) is 6.08 Å². The Balaban J connectivity index is 2.04. The molecule has 1 amide bonds. The van der Waals surface area contributed by atoms with Crippen LogP contribution in [-0.2, 0) is 15.9 Å². The second-order valence-corrected chi connectivity index (χ2v) is 9.51. The van der Waals surface area contributed by atoms with E-state index in [1.807, 2.05) is 91.9 Å². The van der Waals surface area contributed by atoms with E-state index in [4.69, 9.17) is 0 Å². The summed E-state index contributed by atoms with van der Waals surface area (Å²) in [7, 11) is -3.04. The van der Waals surface area contributed by atoms with E-state index in [0.29, 0.717) is 6.54 Å². The lowest BCUT2D eigenvalue weighted by molar-refractivity contribution is -0.125. The number of nitrogens with zero attached hydrogens (tertiary/aromatic N) is 1. The Bertz CT molecular complexity index is 956. The maximum absolute atomic E-state index is 14.3. The molecule has 0 spiro atoms. The van der Waals surface area contributed by atoms with E-state index in [9.17, 15) is 9.36 Å². The van der Waals surface area contributed by atoms with E-state index in [0.717, 1.165) is 21.7 Å². The molecule has 0 aliphatic heterocycles. The van der Waals surface area contributed by atoms with Gasteiger partial charge in [0.15, 0.2) is 7.14 Å². The first-order valence-electron chi connectivity index (χ1n) is 9.21. The highest BCUT2D eigenvalue weighted by Crippen LogP contribution is 2.44. The first-order chi connectivity index (χ1) is 13.5. The fourth-order valence-corrected chi connectivity index (χ4v) is 5.86. The molecule has 3 rings (SSSR count). The maximum Gasteiger partial charge on any atom is 0.246 e. The molecular weight excluding hydrogens is 365 g/mol. The predicted octanol–water partition coefficient (Wildman–Crippen LogP) is 4.48. The van der Waals surface area contributed by atoms with Gasteiger partial charge in [0.25, 0.3) is 0 Å². The van der Waals surface area contributed by atoms with Crippen LogP contribution in [0.1, 0.15) is 11.1 Å². The van der Waals surface area contributed by atoms with E-state index in [2.05, 4.69) is 6.58 Å². The summed E-state index contributed by atoms with van der Waals surface area (Å²) in [6.07, 6.45) is 1.42. The van der Waals surface area contributed by atoms with E-state index < -0.39 is 7.14 Å². The molecule has 0 radical (unpaired) electrons. The van der Waals surface area contributed by atoms with Gasteiger partial charge in [-0.2, -0.15) is 0 Å². The molecule has 0 unspecified atom stereocenters. The van der Waals surface area contributed by atoms with Gasteiger partial charge in [0.2, 0.25) is 5.91 Å². The normalized spacial score (nSPS) is 11.0. The zero-order valence-corrected chi connectivity index (χ0v) is 16.9. The third-order valence-electron chi connectivity index (χ3n) is 4.83. The highest BCUT2D eigenvalue weighted by molar-refractivity contribution is 7.78. The van der Waals surface area contributed by atoms with Gasteiger partial charge in [0.05, 0.1) is 6.29 Å². The van der Waals surface area contributed by atoms with Crippen LogP contribution in [0.25, 0.3) is 0 Å². The Morgan fingerprint density at radius 1 is 0.893 bits per heavy atom. The standard InChI is InChI=1S/C24H24NO2P/c1-3-24(26)25(18-21-13-11-10-12-20(21)2)19-28(27,22-14-6-4-7-15-22)23-16-8-5-9-17-23/h3-17H,1,18-19H2,2H3. The van der Waals surface area contributed by atoms with Gasteiger partial charge < -0.3 is 9.46 Å². The van der Waals surface area contributed by atoms with Gasteiger partial charge in [-0.25, -0.2) is 0 Å². The third-order valence-corrected chi connectivity index (χ3v) is 7.83. The molecule has 0 bridgehead atoms. The minimum absolute atomic E-state index is 0.125. The monoisotopic (exact) mass is 389 g/mol. The van der Waals surface area contributed by atoms with Crippen molar-refractivity contribution in [3.8, 4) is 0 Å². The number of hydrogen-bond acceptors (Lipinski definition) is 2. The predicted molar refractivity (Wildman–Crippen MR) is 117 cm³/mol. The van der Waals surface area contributed by atoms with E-state index in [-0.39, 0.29) is 12.2 Å². The summed E-state index contributed by atoms with van der Waals surface area (Å²) in [5.41, 5.74) is 2.13. The van der Waals surface area contributed by atoms with Crippen molar-refractivity contribution in [2.45, 2.75) is 13.5 Å². The van der Waals surface area contributed by atoms with Gasteiger partial charge in [0, 0.05) is 17.2 Å². The Morgan fingerprint density at radius 2 is 1.39 bits per heavy atom. The molecule has 3 aromatic rings. The van der Waals surface area contributed by atoms with Gasteiger partial charge in [-0.05, 0) is 24.1 Å². The van der Waals surface area contributed by atoms with Crippen LogP contribution in [0, 0.1) is 6.92 Å². The number of rotatable bonds is 7. The quantitative estimate of drug-likeness (QED) is 0.441. The highest BCUT2D eigenvalue weighted by atomic mass is 31.2. The molecule has 0 aliphatic carbocycles. The van der Waals surface area contributed by atoms with Gasteiger partial charge in [-0.15, -0.1) is 0 Å². The Labute approximate surface area is 166 Å². The van der Waals surface area contributed by atoms with Crippen LogP contribution in [0.5, 0.6) is 0 Å². The van der Waals surface area contributed by atoms with Crippen molar-refractivity contribution < 1.29 is 9.36 Å². The third kappa shape index (κ3) is 4.32. The second kappa shape index (κ2) is 8.86. The summed E-state index contributed by atoms with van der Waals surface area (Å²) < 4.78 is 14.3. The van der Waals surface area contributed by atoms with Crippen molar-refractivity contribution in [1.82, 2.24) is 4.90 Å². The molecule has 3 nitrogen and oxygen atoms in total. The Morgan fingerprint density at radius 3 is 1.89 bits per heavy atom. The zero-order valence-electron chi connectivity index (χ0n) is 16.0. The lowest BCUT2D eigenvalue weighted by Crippen LogP contribution is -2.34. The molecule has 0 fully saturated rings. The molecular formula is C24H24NO2P. The van der Waals surface area contributed by atoms with Crippen LogP contribution in [0.3, 0.4) is 0 Å². The average molecular weight is 389 g/mol. The first kappa shape index (κ1) is 19.9. The molecule has 3 aromatic carbocycles. The average Bonchev–Trinajstić information content (AvgIpc) is 2.75. The minimum Gasteiger partial charge on any atom is -0.327 e. The summed E-state index contributed by atoms with van der Waals surface area (Å²) in [6.45, 7) is 6.04. The molecule has 28 heavy (non-hydrogen) atoms. The zero-order chi connectivity index (χ0) is 20.0. The van der Waals surface area contributed by atoms with Crippen LogP contribution in [-0.4, -0.2) is 17.1 Å². The van der Waals surface area contributed by atoms with Crippen molar-refractivity contribution in [1.29, 1.82) is 0 Å². The summed E-state index contributed by atoms with van der Waals surface area (Å²) in [4.78, 5) is 14.3. The molecule has 142 valence electrons. The molecule has 0 heterocycles. The van der Waals surface area contributed by atoms with Gasteiger partial charge in [-0.3, -0.25) is 4.79 Å². The number of hydrogen-bond donors (Lipinski definition) is 0. The van der Waals surface area contributed by atoms with Crippen molar-refractivity contribution in [2.24, 2.45) is 0 Å². The minimum atomic E-state index is -3.04. The number of carbonyl (C=O) groups is 1. The second-order valence-electron chi connectivity index (χ2n) is 6.72. The molecule has 0 aromatic heterocycles. The van der Waals surface area contributed by atoms with Crippen LogP contribution >= 0.6 is 7.14 Å². The fourth-order valence-electron chi connectivity index (χ4n) is 3.21. The summed E-state index contributed by atoms with van der Waals surface area (Å²) in [6, 6.07) is 26.7. The lowest BCUT2D eigenvalue weighted by Gasteiger charge is -2.28. The topological polar surface area (TPSA) is 37.4 Å². The molecule has 0 aliphatic rings. The highest BCUT2D eigenvalue weighted by Gasteiger charge is 2.31. The van der Waals surface area contributed by atoms with Gasteiger partial charge >= 0.3 is 0 Å². The fraction of sp³-hybridized carbons (Fsp3) is 0.125. The van der Waals surface area contributed by atoms with E-state index >= 15 is 0 Å². The molecule has 0 saturated heterocycles. The summed E-state index contributed by atoms with van der Waals surface area (Å²) in [5, 5.41) is 1.49. The SMILES string of the molecule is C=CC(=O)N(Cc1ccccc1C)CP(=O)(c1ccccc1)c1ccccc1. The maximum atomic E-state index is 14.3. The number of benzene rings is 3. The first-order valence-corrected chi connectivity index (χ1v) is 11.1. The van der Waals surface area contributed by atoms with Crippen LogP contribution < -0.4 is 10.6 Å². The molecule has 4 heteroatoms. The van der Waals surface area contributed by atoms with Gasteiger partial charge in [0.1, 0.15) is 0 Å². The van der Waals surface area contributed by atoms with Crippen molar-refractivity contribution >= 4 is 23.7 Å². The number of amides is 1. The van der Waals surface area contributed by atoms with Crippen molar-refractivity contribution in [3.63, 3.8) is 0 Å². The smallest absolute Gasteiger partial charge is 0.246 e. The molecule has 0 atom stereocenters. The summed E-state index contributed by atoms with van der Waals surface area (Å²) in [5.74, 6) is -0.227. The van der Waals surface area contributed by atoms with Crippen LogP contribution in [0.15, 0.2) is 97.6 Å². The Kier molecular flexibility index (Phi) is 6.28. The van der Waals surface area contributed by atoms with Crippen LogP contribution in [0.2, 0.25) is 0 Å². The molecule has 0 saturated carbocycles.